The molecule has 1 rings (SSSR count). The molecule has 0 amide bonds. The van der Waals surface area contributed by atoms with Crippen molar-refractivity contribution in [3.63, 3.8) is 0 Å². The molecule has 11 heavy (non-hydrogen) atoms. The standard InChI is InChI=1S/C8H16OS2/c1-8(2,3)7-4-10-6-11(9)5-7/h7H,4-6H2,1-3H3/t7-,11?/m0/s1. The van der Waals surface area contributed by atoms with E-state index in [4.69, 9.17) is 0 Å². The zero-order valence-corrected chi connectivity index (χ0v) is 9.06. The normalized spacial score (nSPS) is 33.7. The van der Waals surface area contributed by atoms with E-state index in [1.807, 2.05) is 11.8 Å². The molecule has 1 saturated heterocycles. The Morgan fingerprint density at radius 3 is 2.45 bits per heavy atom. The van der Waals surface area contributed by atoms with Crippen LogP contribution in [0.25, 0.3) is 0 Å². The molecule has 3 heteroatoms. The van der Waals surface area contributed by atoms with Crippen molar-refractivity contribution in [2.24, 2.45) is 11.3 Å². The first-order chi connectivity index (χ1) is 5.00. The Morgan fingerprint density at radius 1 is 1.45 bits per heavy atom. The second-order valence-corrected chi connectivity index (χ2v) is 7.06. The molecule has 0 spiro atoms. The maximum Gasteiger partial charge on any atom is 0.0692 e. The molecule has 0 N–H and O–H groups in total. The van der Waals surface area contributed by atoms with Crippen LogP contribution < -0.4 is 0 Å². The second kappa shape index (κ2) is 3.48. The predicted molar refractivity (Wildman–Crippen MR) is 53.3 cm³/mol. The molecule has 0 bridgehead atoms. The van der Waals surface area contributed by atoms with E-state index in [9.17, 15) is 4.21 Å². The molecular formula is C8H16OS2. The zero-order chi connectivity index (χ0) is 8.48. The molecule has 1 aliphatic heterocycles. The molecule has 0 aromatic carbocycles. The average Bonchev–Trinajstić information content (AvgIpc) is 1.86. The molecule has 66 valence electrons. The van der Waals surface area contributed by atoms with Gasteiger partial charge in [0.1, 0.15) is 0 Å². The van der Waals surface area contributed by atoms with Gasteiger partial charge in [-0.15, -0.1) is 11.8 Å². The van der Waals surface area contributed by atoms with Gasteiger partial charge in [-0.2, -0.15) is 0 Å². The van der Waals surface area contributed by atoms with Gasteiger partial charge in [0.2, 0.25) is 0 Å². The van der Waals surface area contributed by atoms with E-state index in [0.717, 1.165) is 10.8 Å². The van der Waals surface area contributed by atoms with Gasteiger partial charge in [0.15, 0.2) is 0 Å². The van der Waals surface area contributed by atoms with Crippen LogP contribution in [0, 0.1) is 11.3 Å². The number of hydrogen-bond acceptors (Lipinski definition) is 2. The lowest BCUT2D eigenvalue weighted by Gasteiger charge is -2.32. The molecule has 0 radical (unpaired) electrons. The van der Waals surface area contributed by atoms with Crippen molar-refractivity contribution in [3.05, 3.63) is 0 Å². The Labute approximate surface area is 75.8 Å². The summed E-state index contributed by atoms with van der Waals surface area (Å²) in [5.74, 6) is 2.74. The van der Waals surface area contributed by atoms with Crippen LogP contribution in [0.15, 0.2) is 0 Å². The summed E-state index contributed by atoms with van der Waals surface area (Å²) >= 11 is 1.84. The lowest BCUT2D eigenvalue weighted by Crippen LogP contribution is -2.31. The van der Waals surface area contributed by atoms with Crippen molar-refractivity contribution in [2.75, 3.05) is 16.6 Å². The SMILES string of the molecule is CC(C)(C)[C@H]1CSCS(=O)C1. The van der Waals surface area contributed by atoms with Crippen LogP contribution in [0.2, 0.25) is 0 Å². The first-order valence-electron chi connectivity index (χ1n) is 3.93. The van der Waals surface area contributed by atoms with Gasteiger partial charge >= 0.3 is 0 Å². The first-order valence-corrected chi connectivity index (χ1v) is 6.57. The quantitative estimate of drug-likeness (QED) is 0.585. The Kier molecular flexibility index (Phi) is 3.03. The van der Waals surface area contributed by atoms with Crippen LogP contribution in [-0.2, 0) is 10.8 Å². The minimum absolute atomic E-state index is 0.336. The first kappa shape index (κ1) is 9.59. The maximum absolute atomic E-state index is 11.2. The van der Waals surface area contributed by atoms with Crippen molar-refractivity contribution < 1.29 is 4.21 Å². The number of rotatable bonds is 0. The molecule has 0 aliphatic carbocycles. The van der Waals surface area contributed by atoms with Crippen LogP contribution in [0.1, 0.15) is 20.8 Å². The molecule has 2 atom stereocenters. The third-order valence-corrected chi connectivity index (χ3v) is 5.28. The van der Waals surface area contributed by atoms with Crippen LogP contribution >= 0.6 is 11.8 Å². The van der Waals surface area contributed by atoms with Crippen molar-refractivity contribution in [1.82, 2.24) is 0 Å². The lowest BCUT2D eigenvalue weighted by molar-refractivity contribution is 0.291. The van der Waals surface area contributed by atoms with Gasteiger partial charge in [0.05, 0.1) is 5.08 Å². The molecule has 0 aromatic heterocycles. The van der Waals surface area contributed by atoms with Crippen LogP contribution in [-0.4, -0.2) is 20.8 Å². The molecule has 1 fully saturated rings. The summed E-state index contributed by atoms with van der Waals surface area (Å²) in [6.45, 7) is 6.71. The van der Waals surface area contributed by atoms with E-state index in [1.165, 1.54) is 5.75 Å². The fourth-order valence-corrected chi connectivity index (χ4v) is 4.74. The number of thioether (sulfide) groups is 1. The Hall–Kier alpha value is 0.500. The molecule has 1 unspecified atom stereocenters. The van der Waals surface area contributed by atoms with Gasteiger partial charge in [-0.25, -0.2) is 0 Å². The van der Waals surface area contributed by atoms with E-state index in [-0.39, 0.29) is 0 Å². The monoisotopic (exact) mass is 192 g/mol. The van der Waals surface area contributed by atoms with Gasteiger partial charge in [0, 0.05) is 16.6 Å². The maximum atomic E-state index is 11.2. The van der Waals surface area contributed by atoms with Gasteiger partial charge in [-0.1, -0.05) is 20.8 Å². The Morgan fingerprint density at radius 2 is 2.09 bits per heavy atom. The zero-order valence-electron chi connectivity index (χ0n) is 7.42. The summed E-state index contributed by atoms with van der Waals surface area (Å²) < 4.78 is 11.2. The second-order valence-electron chi connectivity index (χ2n) is 4.16. The largest absolute Gasteiger partial charge is 0.259 e. The summed E-state index contributed by atoms with van der Waals surface area (Å²) in [6.07, 6.45) is 0. The third-order valence-electron chi connectivity index (χ3n) is 2.15. The molecule has 0 aromatic rings. The molecule has 1 nitrogen and oxygen atoms in total. The summed E-state index contributed by atoms with van der Waals surface area (Å²) in [5, 5.41) is 0.854. The van der Waals surface area contributed by atoms with E-state index in [2.05, 4.69) is 20.8 Å². The van der Waals surface area contributed by atoms with Crippen LogP contribution in [0.5, 0.6) is 0 Å². The summed E-state index contributed by atoms with van der Waals surface area (Å²) in [5.41, 5.74) is 0.336. The van der Waals surface area contributed by atoms with Crippen LogP contribution in [0.4, 0.5) is 0 Å². The van der Waals surface area contributed by atoms with Gasteiger partial charge in [-0.3, -0.25) is 4.21 Å². The molecule has 1 aliphatic rings. The smallest absolute Gasteiger partial charge is 0.0692 e. The van der Waals surface area contributed by atoms with E-state index >= 15 is 0 Å². The molecule has 0 saturated carbocycles. The Balaban J connectivity index is 2.53. The van der Waals surface area contributed by atoms with E-state index in [1.54, 1.807) is 0 Å². The Bertz CT molecular complexity index is 160. The van der Waals surface area contributed by atoms with Crippen molar-refractivity contribution in [1.29, 1.82) is 0 Å². The van der Waals surface area contributed by atoms with Gasteiger partial charge in [0.25, 0.3) is 0 Å². The summed E-state index contributed by atoms with van der Waals surface area (Å²) in [4.78, 5) is 0. The highest BCUT2D eigenvalue weighted by molar-refractivity contribution is 8.10. The fourth-order valence-electron chi connectivity index (χ4n) is 1.10. The summed E-state index contributed by atoms with van der Waals surface area (Å²) in [7, 11) is -0.554. The highest BCUT2D eigenvalue weighted by Crippen LogP contribution is 2.33. The molecular weight excluding hydrogens is 176 g/mol. The van der Waals surface area contributed by atoms with Crippen molar-refractivity contribution in [2.45, 2.75) is 20.8 Å². The molecule has 1 heterocycles. The minimum Gasteiger partial charge on any atom is -0.259 e. The predicted octanol–water partition coefficient (Wildman–Crippen LogP) is 2.10. The van der Waals surface area contributed by atoms with Crippen molar-refractivity contribution >= 4 is 22.6 Å². The third kappa shape index (κ3) is 2.79. The van der Waals surface area contributed by atoms with Crippen molar-refractivity contribution in [3.8, 4) is 0 Å². The lowest BCUT2D eigenvalue weighted by atomic mass is 9.83. The van der Waals surface area contributed by atoms with E-state index < -0.39 is 10.8 Å². The van der Waals surface area contributed by atoms with Gasteiger partial charge < -0.3 is 0 Å². The van der Waals surface area contributed by atoms with Crippen LogP contribution in [0.3, 0.4) is 0 Å². The van der Waals surface area contributed by atoms with E-state index in [0.29, 0.717) is 11.3 Å². The topological polar surface area (TPSA) is 17.1 Å². The number of hydrogen-bond donors (Lipinski definition) is 0. The fraction of sp³-hybridized carbons (Fsp3) is 1.00. The van der Waals surface area contributed by atoms with Gasteiger partial charge in [-0.05, 0) is 17.1 Å². The highest BCUT2D eigenvalue weighted by atomic mass is 32.2. The highest BCUT2D eigenvalue weighted by Gasteiger charge is 2.29. The average molecular weight is 192 g/mol. The summed E-state index contributed by atoms with van der Waals surface area (Å²) in [6, 6.07) is 0. The minimum atomic E-state index is -0.554.